The Morgan fingerprint density at radius 3 is 2.60 bits per heavy atom. The summed E-state index contributed by atoms with van der Waals surface area (Å²) in [6.07, 6.45) is 1.28. The van der Waals surface area contributed by atoms with Crippen LogP contribution in [0, 0.1) is 5.82 Å². The highest BCUT2D eigenvalue weighted by Crippen LogP contribution is 2.35. The molecule has 1 heterocycles. The van der Waals surface area contributed by atoms with Gasteiger partial charge in [-0.1, -0.05) is 28.1 Å². The molecule has 25 heavy (non-hydrogen) atoms. The summed E-state index contributed by atoms with van der Waals surface area (Å²) in [6.45, 7) is 0. The Balaban J connectivity index is 1.89. The molecule has 0 bridgehead atoms. The highest BCUT2D eigenvalue weighted by Gasteiger charge is 2.14. The number of hydrogen-bond donors (Lipinski definition) is 2. The van der Waals surface area contributed by atoms with Crippen molar-refractivity contribution in [2.24, 2.45) is 0 Å². The third-order valence-corrected chi connectivity index (χ3v) is 3.80. The molecule has 3 aromatic rings. The molecule has 2 aromatic carbocycles. The lowest BCUT2D eigenvalue weighted by Crippen LogP contribution is -2.04. The zero-order valence-corrected chi connectivity index (χ0v) is 14.7. The maximum atomic E-state index is 14.0. The first kappa shape index (κ1) is 17.0. The lowest BCUT2D eigenvalue weighted by atomic mass is 10.3. The summed E-state index contributed by atoms with van der Waals surface area (Å²) in [5, 5.41) is 2.84. The molecule has 0 saturated carbocycles. The molecule has 0 atom stereocenters. The minimum Gasteiger partial charge on any atom is -0.493 e. The van der Waals surface area contributed by atoms with E-state index in [0.29, 0.717) is 16.0 Å². The van der Waals surface area contributed by atoms with Crippen LogP contribution in [0.5, 0.6) is 17.4 Å². The largest absolute Gasteiger partial charge is 0.493 e. The third kappa shape index (κ3) is 3.80. The fraction of sp³-hybridized carbons (Fsp3) is 0.0588. The summed E-state index contributed by atoms with van der Waals surface area (Å²) in [4.78, 5) is 8.08. The predicted molar refractivity (Wildman–Crippen MR) is 96.9 cm³/mol. The Hall–Kier alpha value is -2.87. The Morgan fingerprint density at radius 2 is 1.88 bits per heavy atom. The molecule has 3 N–H and O–H groups in total. The predicted octanol–water partition coefficient (Wildman–Crippen LogP) is 4.50. The van der Waals surface area contributed by atoms with Gasteiger partial charge in [0.15, 0.2) is 17.3 Å². The number of rotatable bonds is 5. The van der Waals surface area contributed by atoms with Crippen LogP contribution in [0.15, 0.2) is 53.3 Å². The standard InChI is InChI=1S/C17H14BrFN4O2/c1-24-13-4-2-3-5-14(13)25-17-15(20)16(21-9-22-17)23-12-7-6-10(18)8-11(12)19/h2-9H,20H2,1H3,(H,21,22,23). The zero-order valence-electron chi connectivity index (χ0n) is 13.2. The second-order valence-electron chi connectivity index (χ2n) is 4.94. The first-order valence-corrected chi connectivity index (χ1v) is 8.01. The van der Waals surface area contributed by atoms with Crippen LogP contribution in [-0.4, -0.2) is 17.1 Å². The summed E-state index contributed by atoms with van der Waals surface area (Å²) in [5.41, 5.74) is 6.45. The van der Waals surface area contributed by atoms with Crippen molar-refractivity contribution >= 4 is 33.1 Å². The Labute approximate surface area is 151 Å². The summed E-state index contributed by atoms with van der Waals surface area (Å²) in [6, 6.07) is 11.7. The second kappa shape index (κ2) is 7.35. The number of nitrogen functional groups attached to an aromatic ring is 1. The Kier molecular flexibility index (Phi) is 4.99. The van der Waals surface area contributed by atoms with E-state index in [2.05, 4.69) is 31.2 Å². The molecule has 6 nitrogen and oxygen atoms in total. The van der Waals surface area contributed by atoms with Crippen molar-refractivity contribution in [3.63, 3.8) is 0 Å². The number of para-hydroxylation sites is 2. The first-order chi connectivity index (χ1) is 12.1. The van der Waals surface area contributed by atoms with Gasteiger partial charge in [0, 0.05) is 4.47 Å². The van der Waals surface area contributed by atoms with E-state index < -0.39 is 5.82 Å². The van der Waals surface area contributed by atoms with Crippen molar-refractivity contribution in [2.75, 3.05) is 18.2 Å². The van der Waals surface area contributed by atoms with Crippen molar-refractivity contribution in [2.45, 2.75) is 0 Å². The smallest absolute Gasteiger partial charge is 0.248 e. The van der Waals surface area contributed by atoms with Gasteiger partial charge in [-0.2, -0.15) is 4.98 Å². The minimum absolute atomic E-state index is 0.138. The molecule has 0 aliphatic rings. The summed E-state index contributed by atoms with van der Waals surface area (Å²) < 4.78 is 25.6. The molecule has 3 rings (SSSR count). The molecule has 8 heteroatoms. The average molecular weight is 405 g/mol. The van der Waals surface area contributed by atoms with E-state index in [-0.39, 0.29) is 23.1 Å². The van der Waals surface area contributed by atoms with Gasteiger partial charge in [-0.3, -0.25) is 0 Å². The van der Waals surface area contributed by atoms with Crippen LogP contribution in [0.25, 0.3) is 0 Å². The summed E-state index contributed by atoms with van der Waals surface area (Å²) >= 11 is 3.21. The van der Waals surface area contributed by atoms with Gasteiger partial charge < -0.3 is 20.5 Å². The van der Waals surface area contributed by atoms with Crippen molar-refractivity contribution in [3.8, 4) is 17.4 Å². The van der Waals surface area contributed by atoms with Gasteiger partial charge in [-0.05, 0) is 30.3 Å². The van der Waals surface area contributed by atoms with Gasteiger partial charge in [0.1, 0.15) is 17.8 Å². The molecule has 0 radical (unpaired) electrons. The Bertz CT molecular complexity index is 908. The van der Waals surface area contributed by atoms with Crippen LogP contribution >= 0.6 is 15.9 Å². The second-order valence-corrected chi connectivity index (χ2v) is 5.86. The molecule has 1 aromatic heterocycles. The van der Waals surface area contributed by atoms with Crippen LogP contribution in [0.1, 0.15) is 0 Å². The number of nitrogens with zero attached hydrogens (tertiary/aromatic N) is 2. The lowest BCUT2D eigenvalue weighted by Gasteiger charge is -2.13. The molecule has 0 aliphatic heterocycles. The van der Waals surface area contributed by atoms with Crippen molar-refractivity contribution < 1.29 is 13.9 Å². The van der Waals surface area contributed by atoms with Crippen LogP contribution in [0.2, 0.25) is 0 Å². The molecular weight excluding hydrogens is 391 g/mol. The minimum atomic E-state index is -0.445. The van der Waals surface area contributed by atoms with Gasteiger partial charge >= 0.3 is 0 Å². The first-order valence-electron chi connectivity index (χ1n) is 7.22. The third-order valence-electron chi connectivity index (χ3n) is 3.31. The van der Waals surface area contributed by atoms with Gasteiger partial charge in [0.25, 0.3) is 0 Å². The molecule has 0 unspecified atom stereocenters. The molecular formula is C17H14BrFN4O2. The number of anilines is 3. The van der Waals surface area contributed by atoms with Crippen LogP contribution < -0.4 is 20.5 Å². The lowest BCUT2D eigenvalue weighted by molar-refractivity contribution is 0.374. The highest BCUT2D eigenvalue weighted by atomic mass is 79.9. The number of methoxy groups -OCH3 is 1. The van der Waals surface area contributed by atoms with E-state index in [1.165, 1.54) is 19.5 Å². The molecule has 0 fully saturated rings. The zero-order chi connectivity index (χ0) is 17.8. The number of benzene rings is 2. The Morgan fingerprint density at radius 1 is 1.12 bits per heavy atom. The van der Waals surface area contributed by atoms with E-state index in [0.717, 1.165) is 0 Å². The maximum absolute atomic E-state index is 14.0. The number of hydrogen-bond acceptors (Lipinski definition) is 6. The van der Waals surface area contributed by atoms with Crippen molar-refractivity contribution in [3.05, 3.63) is 59.1 Å². The summed E-state index contributed by atoms with van der Waals surface area (Å²) in [7, 11) is 1.54. The van der Waals surface area contributed by atoms with Crippen molar-refractivity contribution in [1.82, 2.24) is 9.97 Å². The van der Waals surface area contributed by atoms with E-state index >= 15 is 0 Å². The van der Waals surface area contributed by atoms with Crippen molar-refractivity contribution in [1.29, 1.82) is 0 Å². The van der Waals surface area contributed by atoms with Gasteiger partial charge in [0.2, 0.25) is 5.88 Å². The fourth-order valence-corrected chi connectivity index (χ4v) is 2.42. The van der Waals surface area contributed by atoms with Gasteiger partial charge in [-0.25, -0.2) is 9.37 Å². The van der Waals surface area contributed by atoms with Crippen LogP contribution in [0.4, 0.5) is 21.6 Å². The van der Waals surface area contributed by atoms with Crippen LogP contribution in [0.3, 0.4) is 0 Å². The average Bonchev–Trinajstić information content (AvgIpc) is 2.61. The quantitative estimate of drug-likeness (QED) is 0.650. The normalized spacial score (nSPS) is 10.4. The van der Waals surface area contributed by atoms with E-state index in [1.54, 1.807) is 30.3 Å². The number of nitrogens with two attached hydrogens (primary N) is 1. The SMILES string of the molecule is COc1ccccc1Oc1ncnc(Nc2ccc(Br)cc2F)c1N. The molecule has 0 aliphatic carbocycles. The highest BCUT2D eigenvalue weighted by molar-refractivity contribution is 9.10. The molecule has 0 spiro atoms. The number of halogens is 2. The van der Waals surface area contributed by atoms with E-state index in [9.17, 15) is 4.39 Å². The monoisotopic (exact) mass is 404 g/mol. The number of nitrogens with one attached hydrogen (secondary N) is 1. The van der Waals surface area contributed by atoms with Gasteiger partial charge in [0.05, 0.1) is 12.8 Å². The van der Waals surface area contributed by atoms with E-state index in [4.69, 9.17) is 15.2 Å². The van der Waals surface area contributed by atoms with Crippen LogP contribution in [-0.2, 0) is 0 Å². The molecule has 0 amide bonds. The molecule has 128 valence electrons. The fourth-order valence-electron chi connectivity index (χ4n) is 2.09. The van der Waals surface area contributed by atoms with E-state index in [1.807, 2.05) is 6.07 Å². The maximum Gasteiger partial charge on any atom is 0.248 e. The number of ether oxygens (including phenoxy) is 2. The molecule has 0 saturated heterocycles. The topological polar surface area (TPSA) is 82.3 Å². The number of aromatic nitrogens is 2. The van der Waals surface area contributed by atoms with Gasteiger partial charge in [-0.15, -0.1) is 0 Å². The summed E-state index contributed by atoms with van der Waals surface area (Å²) in [5.74, 6) is 0.922.